The van der Waals surface area contributed by atoms with Gasteiger partial charge in [-0.1, -0.05) is 196 Å². The zero-order valence-electron chi connectivity index (χ0n) is 33.3. The minimum Gasteiger partial charge on any atom is -0.310 e. The summed E-state index contributed by atoms with van der Waals surface area (Å²) in [6, 6.07) is 83.1. The molecule has 0 atom stereocenters. The minimum atomic E-state index is -0.463. The average molecular weight is 754 g/mol. The van der Waals surface area contributed by atoms with Gasteiger partial charge in [-0.15, -0.1) is 0 Å². The smallest absolute Gasteiger partial charge is 0.0713 e. The van der Waals surface area contributed by atoms with Gasteiger partial charge in [-0.3, -0.25) is 0 Å². The fourth-order valence-electron chi connectivity index (χ4n) is 10.2. The van der Waals surface area contributed by atoms with E-state index in [-0.39, 0.29) is 5.41 Å². The van der Waals surface area contributed by atoms with E-state index in [2.05, 4.69) is 243 Å². The topological polar surface area (TPSA) is 3.24 Å². The van der Waals surface area contributed by atoms with Crippen molar-refractivity contribution in [3.63, 3.8) is 0 Å². The number of anilines is 3. The maximum absolute atomic E-state index is 2.49. The molecule has 2 aliphatic rings. The van der Waals surface area contributed by atoms with Crippen molar-refractivity contribution in [2.75, 3.05) is 4.90 Å². The zero-order valence-corrected chi connectivity index (χ0v) is 33.3. The molecule has 0 aromatic heterocycles. The van der Waals surface area contributed by atoms with E-state index >= 15 is 0 Å². The second kappa shape index (κ2) is 13.7. The Morgan fingerprint density at radius 1 is 0.288 bits per heavy atom. The van der Waals surface area contributed by atoms with Crippen molar-refractivity contribution in [1.29, 1.82) is 0 Å². The highest BCUT2D eigenvalue weighted by molar-refractivity contribution is 5.92. The molecule has 2 aliphatic carbocycles. The van der Waals surface area contributed by atoms with Crippen LogP contribution in [0.3, 0.4) is 0 Å². The SMILES string of the molecule is CC1(C)c2ccccc2-c2ccc(N(c3cc(-c4ccccc4)cc(-c4ccccc4)c3)c3ccc4c(c3)-c3ccccc3C4(c3ccccc3)c3ccccc3)cc21. The molecule has 0 amide bonds. The Kier molecular flexibility index (Phi) is 8.13. The predicted molar refractivity (Wildman–Crippen MR) is 247 cm³/mol. The van der Waals surface area contributed by atoms with Gasteiger partial charge in [0.05, 0.1) is 5.41 Å². The average Bonchev–Trinajstić information content (AvgIpc) is 3.73. The molecule has 0 unspecified atom stereocenters. The fraction of sp³-hybridized carbons (Fsp3) is 0.0690. The fourth-order valence-corrected chi connectivity index (χ4v) is 10.2. The minimum absolute atomic E-state index is 0.142. The molecule has 0 heterocycles. The van der Waals surface area contributed by atoms with Crippen LogP contribution in [0.2, 0.25) is 0 Å². The van der Waals surface area contributed by atoms with Gasteiger partial charge in [0.1, 0.15) is 0 Å². The van der Waals surface area contributed by atoms with E-state index in [1.54, 1.807) is 0 Å². The van der Waals surface area contributed by atoms with Crippen LogP contribution in [0, 0.1) is 0 Å². The van der Waals surface area contributed by atoms with E-state index in [9.17, 15) is 0 Å². The summed E-state index contributed by atoms with van der Waals surface area (Å²) in [7, 11) is 0. The third-order valence-electron chi connectivity index (χ3n) is 12.9. The molecule has 11 rings (SSSR count). The molecule has 9 aromatic rings. The maximum Gasteiger partial charge on any atom is 0.0713 e. The van der Waals surface area contributed by atoms with Gasteiger partial charge in [-0.25, -0.2) is 0 Å². The van der Waals surface area contributed by atoms with Gasteiger partial charge in [0.25, 0.3) is 0 Å². The van der Waals surface area contributed by atoms with Crippen molar-refractivity contribution in [2.24, 2.45) is 0 Å². The first kappa shape index (κ1) is 35.0. The standard InChI is InChI=1S/C58H43N/c1-57(2)53-29-17-15-27-49(53)51-33-31-47(39-56(51)57)59(48-36-42(40-19-7-3-8-20-40)35-43(37-48)41-21-9-4-10-22-41)46-32-34-55-52(38-46)50-28-16-18-30-54(50)58(55,44-23-11-5-12-24-44)45-25-13-6-14-26-45/h3-39H,1-2H3. The number of rotatable bonds is 7. The first-order chi connectivity index (χ1) is 29.0. The Labute approximate surface area is 347 Å². The first-order valence-electron chi connectivity index (χ1n) is 20.7. The summed E-state index contributed by atoms with van der Waals surface area (Å²) < 4.78 is 0. The van der Waals surface area contributed by atoms with Crippen molar-refractivity contribution in [3.05, 3.63) is 258 Å². The number of hydrogen-bond acceptors (Lipinski definition) is 1. The molecule has 1 heteroatoms. The van der Waals surface area contributed by atoms with E-state index in [1.807, 2.05) is 0 Å². The van der Waals surface area contributed by atoms with Crippen LogP contribution in [0.25, 0.3) is 44.5 Å². The normalized spacial score (nSPS) is 13.9. The van der Waals surface area contributed by atoms with Crippen LogP contribution >= 0.6 is 0 Å². The molecule has 280 valence electrons. The number of nitrogens with zero attached hydrogens (tertiary/aromatic N) is 1. The van der Waals surface area contributed by atoms with E-state index < -0.39 is 5.41 Å². The van der Waals surface area contributed by atoms with Crippen LogP contribution in [0.5, 0.6) is 0 Å². The zero-order chi connectivity index (χ0) is 39.6. The summed E-state index contributed by atoms with van der Waals surface area (Å²) in [4.78, 5) is 2.49. The van der Waals surface area contributed by atoms with Crippen molar-refractivity contribution in [2.45, 2.75) is 24.7 Å². The van der Waals surface area contributed by atoms with Gasteiger partial charge in [0, 0.05) is 22.5 Å². The number of fused-ring (bicyclic) bond motifs is 6. The van der Waals surface area contributed by atoms with Gasteiger partial charge in [0.2, 0.25) is 0 Å². The molecule has 59 heavy (non-hydrogen) atoms. The highest BCUT2D eigenvalue weighted by Crippen LogP contribution is 2.58. The Bertz CT molecular complexity index is 2900. The van der Waals surface area contributed by atoms with E-state index in [4.69, 9.17) is 0 Å². The van der Waals surface area contributed by atoms with Crippen LogP contribution in [-0.4, -0.2) is 0 Å². The van der Waals surface area contributed by atoms with Crippen molar-refractivity contribution < 1.29 is 0 Å². The lowest BCUT2D eigenvalue weighted by Gasteiger charge is -2.34. The summed E-state index contributed by atoms with van der Waals surface area (Å²) in [5.41, 5.74) is 20.5. The summed E-state index contributed by atoms with van der Waals surface area (Å²) >= 11 is 0. The highest BCUT2D eigenvalue weighted by Gasteiger charge is 2.46. The highest BCUT2D eigenvalue weighted by atomic mass is 15.1. The van der Waals surface area contributed by atoms with E-state index in [1.165, 1.54) is 77.9 Å². The van der Waals surface area contributed by atoms with Gasteiger partial charge < -0.3 is 4.90 Å². The van der Waals surface area contributed by atoms with Gasteiger partial charge in [0.15, 0.2) is 0 Å². The summed E-state index contributed by atoms with van der Waals surface area (Å²) in [5.74, 6) is 0. The monoisotopic (exact) mass is 753 g/mol. The van der Waals surface area contributed by atoms with Crippen molar-refractivity contribution in [1.82, 2.24) is 0 Å². The van der Waals surface area contributed by atoms with E-state index in [0.717, 1.165) is 17.1 Å². The molecule has 0 N–H and O–H groups in total. The van der Waals surface area contributed by atoms with Crippen molar-refractivity contribution in [3.8, 4) is 44.5 Å². The van der Waals surface area contributed by atoms with E-state index in [0.29, 0.717) is 0 Å². The van der Waals surface area contributed by atoms with Crippen molar-refractivity contribution >= 4 is 17.1 Å². The quantitative estimate of drug-likeness (QED) is 0.157. The van der Waals surface area contributed by atoms with Gasteiger partial charge >= 0.3 is 0 Å². The third kappa shape index (κ3) is 5.46. The predicted octanol–water partition coefficient (Wildman–Crippen LogP) is 15.2. The largest absolute Gasteiger partial charge is 0.310 e. The molecule has 9 aromatic carbocycles. The second-order valence-corrected chi connectivity index (χ2v) is 16.5. The Morgan fingerprint density at radius 2 is 0.729 bits per heavy atom. The van der Waals surface area contributed by atoms with Crippen LogP contribution in [0.15, 0.2) is 224 Å². The summed E-state index contributed by atoms with van der Waals surface area (Å²) in [6.07, 6.45) is 0. The lowest BCUT2D eigenvalue weighted by atomic mass is 9.68. The third-order valence-corrected chi connectivity index (χ3v) is 12.9. The molecule has 1 nitrogen and oxygen atoms in total. The maximum atomic E-state index is 2.49. The Morgan fingerprint density at radius 3 is 1.32 bits per heavy atom. The van der Waals surface area contributed by atoms with Crippen LogP contribution in [0.4, 0.5) is 17.1 Å². The number of benzene rings is 9. The van der Waals surface area contributed by atoms with Crippen LogP contribution < -0.4 is 4.90 Å². The Hall–Kier alpha value is -7.22. The lowest BCUT2D eigenvalue weighted by Crippen LogP contribution is -2.28. The molecular formula is C58H43N. The molecule has 0 aliphatic heterocycles. The summed E-state index contributed by atoms with van der Waals surface area (Å²) in [5, 5.41) is 0. The molecule has 0 saturated heterocycles. The van der Waals surface area contributed by atoms with Crippen LogP contribution in [0.1, 0.15) is 47.2 Å². The Balaban J connectivity index is 1.18. The molecule has 0 fully saturated rings. The molecule has 0 radical (unpaired) electrons. The molecule has 0 bridgehead atoms. The van der Waals surface area contributed by atoms with Gasteiger partial charge in [-0.05, 0) is 120 Å². The molecule has 0 saturated carbocycles. The molecule has 0 spiro atoms. The lowest BCUT2D eigenvalue weighted by molar-refractivity contribution is 0.660. The summed E-state index contributed by atoms with van der Waals surface area (Å²) in [6.45, 7) is 4.74. The number of hydrogen-bond donors (Lipinski definition) is 0. The van der Waals surface area contributed by atoms with Crippen LogP contribution in [-0.2, 0) is 10.8 Å². The molecular weight excluding hydrogens is 711 g/mol. The second-order valence-electron chi connectivity index (χ2n) is 16.5. The first-order valence-corrected chi connectivity index (χ1v) is 20.7. The van der Waals surface area contributed by atoms with Gasteiger partial charge in [-0.2, -0.15) is 0 Å².